The minimum absolute atomic E-state index is 0.486. The van der Waals surface area contributed by atoms with Gasteiger partial charge in [0.15, 0.2) is 5.60 Å². The number of benzene rings is 2. The molecule has 2 rings (SSSR count). The highest BCUT2D eigenvalue weighted by molar-refractivity contribution is 5.32. The third kappa shape index (κ3) is 3.20. The molecule has 1 N–H and O–H groups in total. The van der Waals surface area contributed by atoms with E-state index < -0.39 is 5.60 Å². The van der Waals surface area contributed by atoms with E-state index in [2.05, 4.69) is 5.92 Å². The molecule has 102 valence electrons. The quantitative estimate of drug-likeness (QED) is 0.842. The third-order valence-electron chi connectivity index (χ3n) is 3.42. The van der Waals surface area contributed by atoms with Crippen molar-refractivity contribution >= 4 is 0 Å². The molecule has 0 aliphatic heterocycles. The molecule has 0 heterocycles. The first-order valence-electron chi connectivity index (χ1n) is 6.56. The first-order chi connectivity index (χ1) is 9.68. The molecule has 0 aliphatic rings. The number of ether oxygens (including phenoxy) is 1. The lowest BCUT2D eigenvalue weighted by atomic mass is 9.88. The second kappa shape index (κ2) is 6.27. The molecule has 20 heavy (non-hydrogen) atoms. The Morgan fingerprint density at radius 3 is 2.30 bits per heavy atom. The molecule has 0 saturated carbocycles. The predicted molar refractivity (Wildman–Crippen MR) is 80.5 cm³/mol. The van der Waals surface area contributed by atoms with Gasteiger partial charge in [0, 0.05) is 0 Å². The summed E-state index contributed by atoms with van der Waals surface area (Å²) in [6.45, 7) is 0. The Balaban J connectivity index is 2.09. The van der Waals surface area contributed by atoms with Gasteiger partial charge >= 0.3 is 0 Å². The molecule has 1 unspecified atom stereocenters. The van der Waals surface area contributed by atoms with E-state index in [1.807, 2.05) is 54.6 Å². The normalized spacial score (nSPS) is 13.2. The van der Waals surface area contributed by atoms with Gasteiger partial charge in [0.2, 0.25) is 0 Å². The first-order valence-corrected chi connectivity index (χ1v) is 6.56. The predicted octanol–water partition coefficient (Wildman–Crippen LogP) is 3.15. The molecule has 0 saturated heterocycles. The average molecular weight is 266 g/mol. The van der Waals surface area contributed by atoms with Crippen molar-refractivity contribution in [1.82, 2.24) is 0 Å². The van der Waals surface area contributed by atoms with Crippen molar-refractivity contribution in [1.29, 1.82) is 0 Å². The summed E-state index contributed by atoms with van der Waals surface area (Å²) in [5.41, 5.74) is 0.660. The maximum atomic E-state index is 10.6. The van der Waals surface area contributed by atoms with Crippen molar-refractivity contribution in [2.75, 3.05) is 7.11 Å². The van der Waals surface area contributed by atoms with Crippen LogP contribution in [0, 0.1) is 12.3 Å². The zero-order valence-corrected chi connectivity index (χ0v) is 11.5. The van der Waals surface area contributed by atoms with Crippen LogP contribution in [-0.2, 0) is 12.0 Å². The van der Waals surface area contributed by atoms with Crippen LogP contribution in [0.25, 0.3) is 0 Å². The molecule has 2 heteroatoms. The summed E-state index contributed by atoms with van der Waals surface area (Å²) in [6.07, 6.45) is 6.72. The van der Waals surface area contributed by atoms with Crippen molar-refractivity contribution in [3.05, 3.63) is 65.7 Å². The van der Waals surface area contributed by atoms with Gasteiger partial charge in [0.25, 0.3) is 0 Å². The first kappa shape index (κ1) is 14.2. The van der Waals surface area contributed by atoms with Gasteiger partial charge < -0.3 is 9.84 Å². The lowest BCUT2D eigenvalue weighted by Crippen LogP contribution is -2.24. The van der Waals surface area contributed by atoms with Crippen LogP contribution in [0.2, 0.25) is 0 Å². The van der Waals surface area contributed by atoms with Gasteiger partial charge in [-0.15, -0.1) is 6.42 Å². The fraction of sp³-hybridized carbons (Fsp3) is 0.222. The molecule has 0 bridgehead atoms. The van der Waals surface area contributed by atoms with Crippen molar-refractivity contribution in [2.24, 2.45) is 0 Å². The molecular weight excluding hydrogens is 248 g/mol. The fourth-order valence-corrected chi connectivity index (χ4v) is 2.13. The Morgan fingerprint density at radius 1 is 1.10 bits per heavy atom. The second-order valence-electron chi connectivity index (χ2n) is 4.72. The molecule has 2 aromatic carbocycles. The van der Waals surface area contributed by atoms with Crippen LogP contribution in [0.5, 0.6) is 5.75 Å². The molecule has 0 fully saturated rings. The highest BCUT2D eigenvalue weighted by Gasteiger charge is 2.25. The molecule has 0 amide bonds. The summed E-state index contributed by atoms with van der Waals surface area (Å²) in [4.78, 5) is 0. The lowest BCUT2D eigenvalue weighted by molar-refractivity contribution is 0.0907. The average Bonchev–Trinajstić information content (AvgIpc) is 2.54. The number of aliphatic hydroxyl groups is 1. The van der Waals surface area contributed by atoms with Crippen LogP contribution in [0.3, 0.4) is 0 Å². The Hall–Kier alpha value is -2.24. The molecule has 0 aromatic heterocycles. The second-order valence-corrected chi connectivity index (χ2v) is 4.72. The van der Waals surface area contributed by atoms with Gasteiger partial charge in [-0.25, -0.2) is 0 Å². The van der Waals surface area contributed by atoms with E-state index >= 15 is 0 Å². The maximum Gasteiger partial charge on any atom is 0.151 e. The molecule has 0 spiro atoms. The van der Waals surface area contributed by atoms with Crippen molar-refractivity contribution in [3.8, 4) is 18.1 Å². The maximum absolute atomic E-state index is 10.6. The Morgan fingerprint density at radius 2 is 1.75 bits per heavy atom. The van der Waals surface area contributed by atoms with Crippen LogP contribution in [0.15, 0.2) is 54.6 Å². The number of methoxy groups -OCH3 is 1. The lowest BCUT2D eigenvalue weighted by Gasteiger charge is -2.22. The van der Waals surface area contributed by atoms with Gasteiger partial charge in [-0.3, -0.25) is 0 Å². The Bertz CT molecular complexity index is 581. The van der Waals surface area contributed by atoms with Gasteiger partial charge in [-0.2, -0.15) is 0 Å². The Labute approximate surface area is 120 Å². The van der Waals surface area contributed by atoms with E-state index in [1.54, 1.807) is 7.11 Å². The van der Waals surface area contributed by atoms with Crippen LogP contribution >= 0.6 is 0 Å². The molecule has 2 aromatic rings. The van der Waals surface area contributed by atoms with Crippen LogP contribution in [0.4, 0.5) is 0 Å². The molecule has 0 aliphatic carbocycles. The SMILES string of the molecule is C#CC(O)(CCc1ccc(OC)cc1)c1ccccc1. The Kier molecular flexibility index (Phi) is 4.45. The van der Waals surface area contributed by atoms with Crippen molar-refractivity contribution in [2.45, 2.75) is 18.4 Å². The summed E-state index contributed by atoms with van der Waals surface area (Å²) in [5.74, 6) is 3.34. The van der Waals surface area contributed by atoms with Gasteiger partial charge in [-0.05, 0) is 36.1 Å². The number of hydrogen-bond donors (Lipinski definition) is 1. The van der Waals surface area contributed by atoms with E-state index in [1.165, 1.54) is 0 Å². The highest BCUT2D eigenvalue weighted by Crippen LogP contribution is 2.26. The number of rotatable bonds is 5. The van der Waals surface area contributed by atoms with Gasteiger partial charge in [0.05, 0.1) is 7.11 Å². The van der Waals surface area contributed by atoms with E-state index in [4.69, 9.17) is 11.2 Å². The summed E-state index contributed by atoms with van der Waals surface area (Å²) in [7, 11) is 1.64. The van der Waals surface area contributed by atoms with Crippen LogP contribution < -0.4 is 4.74 Å². The zero-order valence-electron chi connectivity index (χ0n) is 11.5. The number of hydrogen-bond acceptors (Lipinski definition) is 2. The summed E-state index contributed by atoms with van der Waals surface area (Å²) >= 11 is 0. The smallest absolute Gasteiger partial charge is 0.151 e. The largest absolute Gasteiger partial charge is 0.497 e. The molecule has 2 nitrogen and oxygen atoms in total. The zero-order chi connectivity index (χ0) is 14.4. The molecule has 0 radical (unpaired) electrons. The summed E-state index contributed by atoms with van der Waals surface area (Å²) in [6, 6.07) is 17.2. The fourth-order valence-electron chi connectivity index (χ4n) is 2.13. The molecular formula is C18H18O2. The monoisotopic (exact) mass is 266 g/mol. The van der Waals surface area contributed by atoms with Gasteiger partial charge in [-0.1, -0.05) is 48.4 Å². The van der Waals surface area contributed by atoms with Gasteiger partial charge in [0.1, 0.15) is 5.75 Å². The van der Waals surface area contributed by atoms with Crippen molar-refractivity contribution in [3.63, 3.8) is 0 Å². The van der Waals surface area contributed by atoms with E-state index in [9.17, 15) is 5.11 Å². The minimum atomic E-state index is -1.22. The van der Waals surface area contributed by atoms with E-state index in [0.717, 1.165) is 16.9 Å². The van der Waals surface area contributed by atoms with Crippen LogP contribution in [0.1, 0.15) is 17.5 Å². The molecule has 1 atom stereocenters. The summed E-state index contributed by atoms with van der Waals surface area (Å²) < 4.78 is 5.12. The highest BCUT2D eigenvalue weighted by atomic mass is 16.5. The van der Waals surface area contributed by atoms with Crippen molar-refractivity contribution < 1.29 is 9.84 Å². The van der Waals surface area contributed by atoms with Crippen LogP contribution in [-0.4, -0.2) is 12.2 Å². The summed E-state index contributed by atoms with van der Waals surface area (Å²) in [5, 5.41) is 10.6. The number of aryl methyl sites for hydroxylation is 1. The third-order valence-corrected chi connectivity index (χ3v) is 3.42. The number of terminal acetylenes is 1. The minimum Gasteiger partial charge on any atom is -0.497 e. The topological polar surface area (TPSA) is 29.5 Å². The standard InChI is InChI=1S/C18H18O2/c1-3-18(19,16-7-5-4-6-8-16)14-13-15-9-11-17(20-2)12-10-15/h1,4-12,19H,13-14H2,2H3. The van der Waals surface area contributed by atoms with E-state index in [-0.39, 0.29) is 0 Å². The van der Waals surface area contributed by atoms with E-state index in [0.29, 0.717) is 12.8 Å².